The third-order valence-electron chi connectivity index (χ3n) is 3.19. The Kier molecular flexibility index (Phi) is 4.34. The van der Waals surface area contributed by atoms with Gasteiger partial charge in [-0.3, -0.25) is 0 Å². The predicted molar refractivity (Wildman–Crippen MR) is 63.9 cm³/mol. The molecule has 1 saturated carbocycles. The number of hydrogen-bond donors (Lipinski definition) is 2. The number of amides is 2. The zero-order chi connectivity index (χ0) is 13.1. The largest absolute Gasteiger partial charge is 0.480 e. The van der Waals surface area contributed by atoms with Crippen molar-refractivity contribution < 1.29 is 14.7 Å². The number of rotatable bonds is 5. The minimum absolute atomic E-state index is 0.311. The summed E-state index contributed by atoms with van der Waals surface area (Å²) >= 11 is 0. The molecule has 2 amide bonds. The zero-order valence-electron chi connectivity index (χ0n) is 10.7. The Morgan fingerprint density at radius 2 is 1.82 bits per heavy atom. The van der Waals surface area contributed by atoms with E-state index in [1.54, 1.807) is 7.05 Å². The van der Waals surface area contributed by atoms with E-state index in [0.717, 1.165) is 13.0 Å². The van der Waals surface area contributed by atoms with E-state index in [1.807, 2.05) is 19.0 Å². The van der Waals surface area contributed by atoms with Gasteiger partial charge >= 0.3 is 12.0 Å². The smallest absolute Gasteiger partial charge is 0.329 e. The SMILES string of the molecule is CN(C)CCN(C)C(=O)NC1(C(=O)O)CCC1. The first-order valence-electron chi connectivity index (χ1n) is 5.79. The van der Waals surface area contributed by atoms with Gasteiger partial charge in [0.05, 0.1) is 0 Å². The van der Waals surface area contributed by atoms with Gasteiger partial charge in [0, 0.05) is 20.1 Å². The molecule has 1 fully saturated rings. The molecule has 0 heterocycles. The number of urea groups is 1. The van der Waals surface area contributed by atoms with Crippen LogP contribution in [-0.4, -0.2) is 66.7 Å². The highest BCUT2D eigenvalue weighted by Gasteiger charge is 2.46. The molecule has 0 aromatic rings. The third-order valence-corrected chi connectivity index (χ3v) is 3.19. The van der Waals surface area contributed by atoms with Crippen LogP contribution in [0.15, 0.2) is 0 Å². The lowest BCUT2D eigenvalue weighted by atomic mass is 9.77. The van der Waals surface area contributed by atoms with E-state index in [9.17, 15) is 9.59 Å². The molecule has 0 bridgehead atoms. The van der Waals surface area contributed by atoms with Gasteiger partial charge in [-0.15, -0.1) is 0 Å². The quantitative estimate of drug-likeness (QED) is 0.723. The second-order valence-corrected chi connectivity index (χ2v) is 4.90. The summed E-state index contributed by atoms with van der Waals surface area (Å²) in [5.74, 6) is -0.932. The Hall–Kier alpha value is -1.30. The van der Waals surface area contributed by atoms with E-state index in [2.05, 4.69) is 5.32 Å². The molecule has 0 radical (unpaired) electrons. The van der Waals surface area contributed by atoms with Crippen molar-refractivity contribution >= 4 is 12.0 Å². The van der Waals surface area contributed by atoms with Gasteiger partial charge in [-0.1, -0.05) is 0 Å². The Balaban J connectivity index is 2.45. The molecule has 6 heteroatoms. The maximum Gasteiger partial charge on any atom is 0.329 e. The summed E-state index contributed by atoms with van der Waals surface area (Å²) in [5, 5.41) is 11.7. The van der Waals surface area contributed by atoms with Crippen molar-refractivity contribution in [1.82, 2.24) is 15.1 Å². The van der Waals surface area contributed by atoms with Crippen LogP contribution in [0.4, 0.5) is 4.79 Å². The van der Waals surface area contributed by atoms with Crippen LogP contribution in [0.2, 0.25) is 0 Å². The standard InChI is InChI=1S/C11H21N3O3/c1-13(2)7-8-14(3)10(17)12-11(9(15)16)5-4-6-11/h4-8H2,1-3H3,(H,12,17)(H,15,16). The zero-order valence-corrected chi connectivity index (χ0v) is 10.7. The van der Waals surface area contributed by atoms with Gasteiger partial charge in [0.1, 0.15) is 5.54 Å². The highest BCUT2D eigenvalue weighted by Crippen LogP contribution is 2.32. The van der Waals surface area contributed by atoms with Crippen LogP contribution < -0.4 is 5.32 Å². The first-order valence-corrected chi connectivity index (χ1v) is 5.79. The molecule has 98 valence electrons. The topological polar surface area (TPSA) is 72.9 Å². The van der Waals surface area contributed by atoms with E-state index in [4.69, 9.17) is 5.11 Å². The van der Waals surface area contributed by atoms with Gasteiger partial charge in [0.2, 0.25) is 0 Å². The van der Waals surface area contributed by atoms with Crippen LogP contribution in [0.1, 0.15) is 19.3 Å². The maximum absolute atomic E-state index is 11.8. The maximum atomic E-state index is 11.8. The molecular formula is C11H21N3O3. The Morgan fingerprint density at radius 3 is 2.18 bits per heavy atom. The molecule has 0 aromatic carbocycles. The van der Waals surface area contributed by atoms with Crippen LogP contribution in [0.3, 0.4) is 0 Å². The van der Waals surface area contributed by atoms with Crippen molar-refractivity contribution in [2.24, 2.45) is 0 Å². The highest BCUT2D eigenvalue weighted by molar-refractivity contribution is 5.87. The fraction of sp³-hybridized carbons (Fsp3) is 0.818. The average Bonchev–Trinajstić information content (AvgIpc) is 2.18. The lowest BCUT2D eigenvalue weighted by Crippen LogP contribution is -2.61. The number of nitrogens with zero attached hydrogens (tertiary/aromatic N) is 2. The summed E-state index contributed by atoms with van der Waals surface area (Å²) in [7, 11) is 5.53. The molecule has 0 spiro atoms. The summed E-state index contributed by atoms with van der Waals surface area (Å²) < 4.78 is 0. The summed E-state index contributed by atoms with van der Waals surface area (Å²) in [5.41, 5.74) is -1.02. The number of hydrogen-bond acceptors (Lipinski definition) is 3. The third kappa shape index (κ3) is 3.33. The second kappa shape index (κ2) is 5.35. The van der Waals surface area contributed by atoms with E-state index in [1.165, 1.54) is 4.90 Å². The molecule has 1 aliphatic rings. The lowest BCUT2D eigenvalue weighted by Gasteiger charge is -2.39. The highest BCUT2D eigenvalue weighted by atomic mass is 16.4. The molecular weight excluding hydrogens is 222 g/mol. The van der Waals surface area contributed by atoms with Gasteiger partial charge in [-0.25, -0.2) is 9.59 Å². The van der Waals surface area contributed by atoms with Crippen molar-refractivity contribution in [3.63, 3.8) is 0 Å². The second-order valence-electron chi connectivity index (χ2n) is 4.90. The van der Waals surface area contributed by atoms with E-state index in [0.29, 0.717) is 19.4 Å². The summed E-state index contributed by atoms with van der Waals surface area (Å²) in [6.07, 6.45) is 1.90. The van der Waals surface area contributed by atoms with E-state index < -0.39 is 11.5 Å². The fourth-order valence-corrected chi connectivity index (χ4v) is 1.67. The minimum Gasteiger partial charge on any atom is -0.480 e. The van der Waals surface area contributed by atoms with Crippen molar-refractivity contribution in [2.45, 2.75) is 24.8 Å². The first-order chi connectivity index (χ1) is 7.87. The Labute approximate surface area is 102 Å². The fourth-order valence-electron chi connectivity index (χ4n) is 1.67. The molecule has 1 aliphatic carbocycles. The molecule has 6 nitrogen and oxygen atoms in total. The van der Waals surface area contributed by atoms with Crippen LogP contribution in [0, 0.1) is 0 Å². The monoisotopic (exact) mass is 243 g/mol. The summed E-state index contributed by atoms with van der Waals surface area (Å²) in [6, 6.07) is -0.311. The lowest BCUT2D eigenvalue weighted by molar-refractivity contribution is -0.148. The minimum atomic E-state index is -1.02. The average molecular weight is 243 g/mol. The normalized spacial score (nSPS) is 17.4. The van der Waals surface area contributed by atoms with Gasteiger partial charge in [-0.2, -0.15) is 0 Å². The number of nitrogens with one attached hydrogen (secondary N) is 1. The molecule has 0 atom stereocenters. The first kappa shape index (κ1) is 13.8. The summed E-state index contributed by atoms with van der Waals surface area (Å²) in [4.78, 5) is 26.4. The van der Waals surface area contributed by atoms with Gasteiger partial charge < -0.3 is 20.2 Å². The Bertz CT molecular complexity index is 300. The molecule has 17 heavy (non-hydrogen) atoms. The molecule has 1 rings (SSSR count). The van der Waals surface area contributed by atoms with Crippen LogP contribution in [-0.2, 0) is 4.79 Å². The molecule has 0 saturated heterocycles. The molecule has 0 aromatic heterocycles. The van der Waals surface area contributed by atoms with E-state index in [-0.39, 0.29) is 6.03 Å². The molecule has 0 unspecified atom stereocenters. The van der Waals surface area contributed by atoms with Crippen molar-refractivity contribution in [1.29, 1.82) is 0 Å². The summed E-state index contributed by atoms with van der Waals surface area (Å²) in [6.45, 7) is 1.33. The number of carboxylic acid groups (broad SMARTS) is 1. The number of carbonyl (C=O) groups is 2. The van der Waals surface area contributed by atoms with Crippen molar-refractivity contribution in [3.8, 4) is 0 Å². The van der Waals surface area contributed by atoms with Crippen molar-refractivity contribution in [3.05, 3.63) is 0 Å². The van der Waals surface area contributed by atoms with Gasteiger partial charge in [0.25, 0.3) is 0 Å². The Morgan fingerprint density at radius 1 is 1.24 bits per heavy atom. The molecule has 2 N–H and O–H groups in total. The van der Waals surface area contributed by atoms with Crippen LogP contribution >= 0.6 is 0 Å². The van der Waals surface area contributed by atoms with E-state index >= 15 is 0 Å². The predicted octanol–water partition coefficient (Wildman–Crippen LogP) is 0.197. The van der Waals surface area contributed by atoms with Crippen LogP contribution in [0.25, 0.3) is 0 Å². The van der Waals surface area contributed by atoms with Crippen molar-refractivity contribution in [2.75, 3.05) is 34.2 Å². The van der Waals surface area contributed by atoms with Crippen LogP contribution in [0.5, 0.6) is 0 Å². The number of carbonyl (C=O) groups excluding carboxylic acids is 1. The van der Waals surface area contributed by atoms with Gasteiger partial charge in [0.15, 0.2) is 0 Å². The molecule has 0 aliphatic heterocycles. The number of likely N-dealkylation sites (N-methyl/N-ethyl adjacent to an activating group) is 2. The number of aliphatic carboxylic acids is 1. The van der Waals surface area contributed by atoms with Gasteiger partial charge in [-0.05, 0) is 33.4 Å². The number of carboxylic acids is 1.